The fraction of sp³-hybridized carbons (Fsp3) is 0.462. The molecule has 0 atom stereocenters. The Balaban J connectivity index is 2.34. The first-order valence-corrected chi connectivity index (χ1v) is 5.92. The zero-order chi connectivity index (χ0) is 13.4. The maximum absolute atomic E-state index is 11.8. The smallest absolute Gasteiger partial charge is 0.252 e. The third-order valence-electron chi connectivity index (χ3n) is 2.46. The average molecular weight is 252 g/mol. The number of carbonyl (C=O) groups is 1. The van der Waals surface area contributed by atoms with Crippen LogP contribution in [0.1, 0.15) is 6.92 Å². The van der Waals surface area contributed by atoms with Gasteiger partial charge in [0.15, 0.2) is 0 Å². The summed E-state index contributed by atoms with van der Waals surface area (Å²) in [4.78, 5) is 13.3. The molecule has 0 fully saturated rings. The van der Waals surface area contributed by atoms with Crippen molar-refractivity contribution in [1.29, 1.82) is 0 Å². The topological polar surface area (TPSA) is 64.8 Å². The second-order valence-electron chi connectivity index (χ2n) is 3.79. The summed E-state index contributed by atoms with van der Waals surface area (Å²) < 4.78 is 10.3. The first kappa shape index (κ1) is 14.5. The average Bonchev–Trinajstić information content (AvgIpc) is 2.38. The van der Waals surface area contributed by atoms with E-state index in [9.17, 15) is 4.79 Å². The third kappa shape index (κ3) is 4.73. The van der Waals surface area contributed by atoms with Gasteiger partial charge in [0.05, 0.1) is 13.2 Å². The molecule has 1 aromatic carbocycles. The van der Waals surface area contributed by atoms with Crippen LogP contribution in [0.4, 0.5) is 11.4 Å². The number of likely N-dealkylation sites (N-methyl/N-ethyl adjacent to an activating group) is 1. The van der Waals surface area contributed by atoms with Gasteiger partial charge in [-0.3, -0.25) is 4.79 Å². The van der Waals surface area contributed by atoms with Crippen molar-refractivity contribution in [1.82, 2.24) is 0 Å². The number of benzene rings is 1. The molecule has 0 unspecified atom stereocenters. The summed E-state index contributed by atoms with van der Waals surface area (Å²) in [7, 11) is 1.71. The quantitative estimate of drug-likeness (QED) is 0.586. The fourth-order valence-electron chi connectivity index (χ4n) is 1.36. The molecule has 0 bridgehead atoms. The van der Waals surface area contributed by atoms with E-state index in [1.54, 1.807) is 36.2 Å². The van der Waals surface area contributed by atoms with Crippen molar-refractivity contribution in [2.75, 3.05) is 44.1 Å². The minimum atomic E-state index is -0.101. The van der Waals surface area contributed by atoms with Crippen LogP contribution in [0, 0.1) is 0 Å². The Kier molecular flexibility index (Phi) is 6.18. The number of nitrogen functional groups attached to an aromatic ring is 1. The lowest BCUT2D eigenvalue weighted by atomic mass is 10.2. The van der Waals surface area contributed by atoms with Crippen molar-refractivity contribution in [3.8, 4) is 0 Å². The van der Waals surface area contributed by atoms with Crippen molar-refractivity contribution in [3.05, 3.63) is 24.3 Å². The number of carbonyl (C=O) groups excluding carboxylic acids is 1. The Morgan fingerprint density at radius 2 is 1.83 bits per heavy atom. The predicted molar refractivity (Wildman–Crippen MR) is 71.6 cm³/mol. The third-order valence-corrected chi connectivity index (χ3v) is 2.46. The van der Waals surface area contributed by atoms with Gasteiger partial charge in [0.2, 0.25) is 0 Å². The van der Waals surface area contributed by atoms with Crippen LogP contribution in [0.25, 0.3) is 0 Å². The van der Waals surface area contributed by atoms with Crippen LogP contribution in [-0.4, -0.2) is 39.4 Å². The first-order chi connectivity index (χ1) is 8.65. The van der Waals surface area contributed by atoms with Gasteiger partial charge in [-0.15, -0.1) is 0 Å². The number of amides is 1. The van der Waals surface area contributed by atoms with Gasteiger partial charge in [-0.1, -0.05) is 0 Å². The molecule has 0 saturated heterocycles. The molecule has 2 N–H and O–H groups in total. The second-order valence-corrected chi connectivity index (χ2v) is 3.79. The number of nitrogens with two attached hydrogens (primary N) is 1. The zero-order valence-electron chi connectivity index (χ0n) is 10.9. The minimum Gasteiger partial charge on any atom is -0.399 e. The first-order valence-electron chi connectivity index (χ1n) is 5.92. The lowest BCUT2D eigenvalue weighted by Gasteiger charge is -2.17. The number of hydrogen-bond donors (Lipinski definition) is 1. The summed E-state index contributed by atoms with van der Waals surface area (Å²) >= 11 is 0. The van der Waals surface area contributed by atoms with E-state index in [0.717, 1.165) is 5.69 Å². The van der Waals surface area contributed by atoms with Crippen molar-refractivity contribution >= 4 is 17.3 Å². The summed E-state index contributed by atoms with van der Waals surface area (Å²) in [5, 5.41) is 0. The molecule has 5 nitrogen and oxygen atoms in total. The molecule has 0 aliphatic carbocycles. The molecule has 18 heavy (non-hydrogen) atoms. The standard InChI is InChI=1S/C13H20N2O3/c1-3-17-8-9-18-10-13(16)15(2)12-6-4-11(14)5-7-12/h4-7H,3,8-10,14H2,1-2H3. The van der Waals surface area contributed by atoms with Crippen molar-refractivity contribution < 1.29 is 14.3 Å². The number of anilines is 2. The number of rotatable bonds is 7. The lowest BCUT2D eigenvalue weighted by Crippen LogP contribution is -2.30. The Labute approximate surface area is 107 Å². The molecule has 0 radical (unpaired) electrons. The molecule has 0 saturated carbocycles. The van der Waals surface area contributed by atoms with Gasteiger partial charge in [0.25, 0.3) is 5.91 Å². The highest BCUT2D eigenvalue weighted by Gasteiger charge is 2.10. The van der Waals surface area contributed by atoms with Crippen LogP contribution >= 0.6 is 0 Å². The maximum Gasteiger partial charge on any atom is 0.252 e. The Bertz CT molecular complexity index is 365. The summed E-state index contributed by atoms with van der Waals surface area (Å²) in [6.45, 7) is 3.56. The molecule has 5 heteroatoms. The van der Waals surface area contributed by atoms with E-state index in [1.165, 1.54) is 0 Å². The Hall–Kier alpha value is -1.59. The predicted octanol–water partition coefficient (Wildman–Crippen LogP) is 1.28. The van der Waals surface area contributed by atoms with Gasteiger partial charge in [0, 0.05) is 25.0 Å². The summed E-state index contributed by atoms with van der Waals surface area (Å²) in [6.07, 6.45) is 0. The van der Waals surface area contributed by atoms with Crippen molar-refractivity contribution in [2.24, 2.45) is 0 Å². The molecule has 0 heterocycles. The maximum atomic E-state index is 11.8. The molecule has 0 aliphatic rings. The molecular formula is C13H20N2O3. The number of hydrogen-bond acceptors (Lipinski definition) is 4. The fourth-order valence-corrected chi connectivity index (χ4v) is 1.36. The summed E-state index contributed by atoms with van der Waals surface area (Å²) in [5.74, 6) is -0.101. The van der Waals surface area contributed by atoms with Crippen molar-refractivity contribution in [3.63, 3.8) is 0 Å². The highest BCUT2D eigenvalue weighted by Crippen LogP contribution is 2.14. The molecule has 1 amide bonds. The number of ether oxygens (including phenoxy) is 2. The minimum absolute atomic E-state index is 0.0496. The normalized spacial score (nSPS) is 10.3. The SMILES string of the molecule is CCOCCOCC(=O)N(C)c1ccc(N)cc1. The van der Waals surface area contributed by atoms with Crippen LogP contribution in [0.5, 0.6) is 0 Å². The highest BCUT2D eigenvalue weighted by atomic mass is 16.5. The Morgan fingerprint density at radius 1 is 1.22 bits per heavy atom. The lowest BCUT2D eigenvalue weighted by molar-refractivity contribution is -0.123. The second kappa shape index (κ2) is 7.68. The van der Waals surface area contributed by atoms with Crippen LogP contribution in [-0.2, 0) is 14.3 Å². The molecule has 1 rings (SSSR count). The van der Waals surface area contributed by atoms with E-state index in [0.29, 0.717) is 25.5 Å². The molecule has 0 aromatic heterocycles. The Morgan fingerprint density at radius 3 is 2.44 bits per heavy atom. The van der Waals surface area contributed by atoms with E-state index in [2.05, 4.69) is 0 Å². The van der Waals surface area contributed by atoms with Crippen LogP contribution in [0.2, 0.25) is 0 Å². The molecule has 0 aliphatic heterocycles. The molecule has 100 valence electrons. The molecule has 0 spiro atoms. The van der Waals surface area contributed by atoms with Gasteiger partial charge < -0.3 is 20.1 Å². The summed E-state index contributed by atoms with van der Waals surface area (Å²) in [6, 6.07) is 7.12. The van der Waals surface area contributed by atoms with E-state index in [1.807, 2.05) is 6.92 Å². The monoisotopic (exact) mass is 252 g/mol. The van der Waals surface area contributed by atoms with Gasteiger partial charge in [0.1, 0.15) is 6.61 Å². The largest absolute Gasteiger partial charge is 0.399 e. The van der Waals surface area contributed by atoms with Gasteiger partial charge in [-0.05, 0) is 31.2 Å². The van der Waals surface area contributed by atoms with Gasteiger partial charge in [-0.2, -0.15) is 0 Å². The molecular weight excluding hydrogens is 232 g/mol. The van der Waals surface area contributed by atoms with E-state index in [-0.39, 0.29) is 12.5 Å². The van der Waals surface area contributed by atoms with Gasteiger partial charge in [-0.25, -0.2) is 0 Å². The highest BCUT2D eigenvalue weighted by molar-refractivity contribution is 5.93. The van der Waals surface area contributed by atoms with E-state index < -0.39 is 0 Å². The van der Waals surface area contributed by atoms with Crippen LogP contribution in [0.15, 0.2) is 24.3 Å². The molecule has 1 aromatic rings. The zero-order valence-corrected chi connectivity index (χ0v) is 10.9. The van der Waals surface area contributed by atoms with Crippen molar-refractivity contribution in [2.45, 2.75) is 6.92 Å². The summed E-state index contributed by atoms with van der Waals surface area (Å²) in [5.41, 5.74) is 7.06. The van der Waals surface area contributed by atoms with E-state index in [4.69, 9.17) is 15.2 Å². The number of nitrogens with zero attached hydrogens (tertiary/aromatic N) is 1. The van der Waals surface area contributed by atoms with Gasteiger partial charge >= 0.3 is 0 Å². The van der Waals surface area contributed by atoms with E-state index >= 15 is 0 Å². The van der Waals surface area contributed by atoms with Crippen LogP contribution < -0.4 is 10.6 Å². The van der Waals surface area contributed by atoms with Crippen LogP contribution in [0.3, 0.4) is 0 Å².